The van der Waals surface area contributed by atoms with Gasteiger partial charge in [-0.15, -0.1) is 11.8 Å². The van der Waals surface area contributed by atoms with Gasteiger partial charge in [-0.1, -0.05) is 24.3 Å². The van der Waals surface area contributed by atoms with Crippen LogP contribution < -0.4 is 0 Å². The highest BCUT2D eigenvalue weighted by Gasteiger charge is 2.00. The van der Waals surface area contributed by atoms with Gasteiger partial charge in [0, 0.05) is 16.0 Å². The summed E-state index contributed by atoms with van der Waals surface area (Å²) in [5, 5.41) is 10.4. The van der Waals surface area contributed by atoms with E-state index in [-0.39, 0.29) is 13.5 Å². The number of thioether (sulfide) groups is 1. The van der Waals surface area contributed by atoms with E-state index in [4.69, 9.17) is 0 Å². The Bertz CT molecular complexity index is 698. The van der Waals surface area contributed by atoms with Crippen molar-refractivity contribution in [1.29, 1.82) is 0 Å². The van der Waals surface area contributed by atoms with Crippen molar-refractivity contribution in [2.24, 2.45) is 0 Å². The summed E-state index contributed by atoms with van der Waals surface area (Å²) in [6.07, 6.45) is 0. The second kappa shape index (κ2) is 6.68. The number of pyridine rings is 1. The van der Waals surface area contributed by atoms with E-state index in [1.807, 2.05) is 30.3 Å². The maximum Gasteiger partial charge on any atom is 0.115 e. The van der Waals surface area contributed by atoms with Crippen molar-refractivity contribution in [2.75, 3.05) is 0 Å². The Hall–Kier alpha value is -1.65. The molecule has 2 aromatic carbocycles. The first-order valence-electron chi connectivity index (χ1n) is 6.08. The monoisotopic (exact) mass is 300 g/mol. The lowest BCUT2D eigenvalue weighted by atomic mass is 10.2. The molecule has 3 aromatic rings. The molecular formula is C16H14NOS2-. The first-order chi connectivity index (χ1) is 9.31. The molecule has 0 fully saturated rings. The van der Waals surface area contributed by atoms with Gasteiger partial charge >= 0.3 is 0 Å². The molecule has 0 amide bonds. The fraction of sp³-hybridized carbons (Fsp3) is 0.0625. The van der Waals surface area contributed by atoms with Crippen molar-refractivity contribution in [3.05, 3.63) is 66.4 Å². The number of thiol groups is 1. The van der Waals surface area contributed by atoms with Gasteiger partial charge in [0.15, 0.2) is 0 Å². The highest BCUT2D eigenvalue weighted by Crippen LogP contribution is 2.24. The molecule has 0 aliphatic carbocycles. The summed E-state index contributed by atoms with van der Waals surface area (Å²) < 4.78 is 0. The summed E-state index contributed by atoms with van der Waals surface area (Å²) in [5.41, 5.74) is 2.10. The zero-order valence-corrected chi connectivity index (χ0v) is 12.4. The molecule has 0 bridgehead atoms. The van der Waals surface area contributed by atoms with Crippen molar-refractivity contribution < 1.29 is 5.11 Å². The van der Waals surface area contributed by atoms with E-state index in [1.54, 1.807) is 23.9 Å². The molecule has 0 radical (unpaired) electrons. The molecule has 1 N–H and O–H groups in total. The minimum Gasteiger partial charge on any atom is -0.813 e. The summed E-state index contributed by atoms with van der Waals surface area (Å²) >= 11 is 1.72. The number of hydrogen-bond acceptors (Lipinski definition) is 4. The van der Waals surface area contributed by atoms with Crippen molar-refractivity contribution in [3.63, 3.8) is 0 Å². The van der Waals surface area contributed by atoms with Crippen LogP contribution in [0.4, 0.5) is 0 Å². The number of aromatic hydroxyl groups is 1. The molecular weight excluding hydrogens is 286 g/mol. The van der Waals surface area contributed by atoms with Crippen molar-refractivity contribution in [3.8, 4) is 5.75 Å². The third kappa shape index (κ3) is 3.46. The van der Waals surface area contributed by atoms with Crippen LogP contribution in [0.3, 0.4) is 0 Å². The lowest BCUT2D eigenvalue weighted by molar-refractivity contribution is 0.475. The van der Waals surface area contributed by atoms with Gasteiger partial charge in [0.05, 0.1) is 11.2 Å². The third-order valence-electron chi connectivity index (χ3n) is 2.88. The SMILES string of the molecule is Oc1ccc(SCc2ccc3ccccc3n2)cc1.[SH-]. The summed E-state index contributed by atoms with van der Waals surface area (Å²) in [5.74, 6) is 1.13. The molecule has 0 saturated heterocycles. The fourth-order valence-electron chi connectivity index (χ4n) is 1.89. The van der Waals surface area contributed by atoms with E-state index in [0.717, 1.165) is 21.9 Å². The minimum absolute atomic E-state index is 0. The number of aromatic nitrogens is 1. The highest BCUT2D eigenvalue weighted by molar-refractivity contribution is 7.98. The van der Waals surface area contributed by atoms with Crippen LogP contribution in [0.15, 0.2) is 65.6 Å². The number of phenolic OH excluding ortho intramolecular Hbond substituents is 1. The van der Waals surface area contributed by atoms with E-state index in [2.05, 4.69) is 23.2 Å². The average Bonchev–Trinajstić information content (AvgIpc) is 2.46. The first kappa shape index (κ1) is 14.8. The van der Waals surface area contributed by atoms with Gasteiger partial charge in [-0.05, 0) is 36.4 Å². The molecule has 102 valence electrons. The summed E-state index contributed by atoms with van der Waals surface area (Å²) in [7, 11) is 0. The molecule has 0 aliphatic heterocycles. The zero-order chi connectivity index (χ0) is 13.1. The second-order valence-electron chi connectivity index (χ2n) is 4.28. The smallest absolute Gasteiger partial charge is 0.115 e. The Labute approximate surface area is 129 Å². The summed E-state index contributed by atoms with van der Waals surface area (Å²) in [4.78, 5) is 5.77. The van der Waals surface area contributed by atoms with E-state index in [1.165, 1.54) is 5.39 Å². The quantitative estimate of drug-likeness (QED) is 0.451. The van der Waals surface area contributed by atoms with E-state index >= 15 is 0 Å². The number of rotatable bonds is 3. The van der Waals surface area contributed by atoms with Crippen LogP contribution in [0.5, 0.6) is 5.75 Å². The van der Waals surface area contributed by atoms with Gasteiger partial charge in [-0.2, -0.15) is 0 Å². The molecule has 2 nitrogen and oxygen atoms in total. The summed E-state index contributed by atoms with van der Waals surface area (Å²) in [6, 6.07) is 19.5. The molecule has 0 atom stereocenters. The molecule has 0 saturated carbocycles. The maximum absolute atomic E-state index is 9.24. The number of phenols is 1. The standard InChI is InChI=1S/C16H13NOS.H2S/c18-14-7-9-15(10-8-14)19-11-13-6-5-12-3-1-2-4-16(12)17-13;/h1-10,18H,11H2;1H2/p-1. The molecule has 1 aromatic heterocycles. The Balaban J connectivity index is 0.00000147. The van der Waals surface area contributed by atoms with Crippen LogP contribution in [0.1, 0.15) is 5.69 Å². The lowest BCUT2D eigenvalue weighted by Crippen LogP contribution is -1.87. The van der Waals surface area contributed by atoms with Crippen LogP contribution in [-0.4, -0.2) is 10.1 Å². The number of nitrogens with zero attached hydrogens (tertiary/aromatic N) is 1. The highest BCUT2D eigenvalue weighted by atomic mass is 32.2. The van der Waals surface area contributed by atoms with Crippen LogP contribution >= 0.6 is 11.8 Å². The lowest BCUT2D eigenvalue weighted by Gasteiger charge is -2.03. The predicted octanol–water partition coefficient (Wildman–Crippen LogP) is 3.96. The normalized spacial score (nSPS) is 10.2. The number of hydrogen-bond donors (Lipinski definition) is 1. The average molecular weight is 300 g/mol. The molecule has 20 heavy (non-hydrogen) atoms. The van der Waals surface area contributed by atoms with Gasteiger partial charge < -0.3 is 18.6 Å². The third-order valence-corrected chi connectivity index (χ3v) is 3.93. The zero-order valence-electron chi connectivity index (χ0n) is 10.7. The van der Waals surface area contributed by atoms with E-state index in [0.29, 0.717) is 5.75 Å². The molecule has 0 spiro atoms. The first-order valence-corrected chi connectivity index (χ1v) is 7.06. The van der Waals surface area contributed by atoms with Crippen molar-refractivity contribution >= 4 is 36.2 Å². The molecule has 1 heterocycles. The van der Waals surface area contributed by atoms with Crippen molar-refractivity contribution in [2.45, 2.75) is 10.6 Å². The number of benzene rings is 2. The van der Waals surface area contributed by atoms with Gasteiger partial charge in [0.25, 0.3) is 0 Å². The van der Waals surface area contributed by atoms with Crippen LogP contribution in [0, 0.1) is 0 Å². The van der Waals surface area contributed by atoms with Crippen LogP contribution in [-0.2, 0) is 19.2 Å². The Morgan fingerprint density at radius 1 is 0.900 bits per heavy atom. The van der Waals surface area contributed by atoms with Gasteiger partial charge in [0.2, 0.25) is 0 Å². The maximum atomic E-state index is 9.24. The number of fused-ring (bicyclic) bond motifs is 1. The second-order valence-corrected chi connectivity index (χ2v) is 5.33. The molecule has 0 unspecified atom stereocenters. The van der Waals surface area contributed by atoms with Crippen LogP contribution in [0.2, 0.25) is 0 Å². The largest absolute Gasteiger partial charge is 0.813 e. The Morgan fingerprint density at radius 3 is 2.45 bits per heavy atom. The molecule has 0 aliphatic rings. The number of para-hydroxylation sites is 1. The van der Waals surface area contributed by atoms with Gasteiger partial charge in [-0.25, -0.2) is 0 Å². The minimum atomic E-state index is 0. The van der Waals surface area contributed by atoms with Crippen molar-refractivity contribution in [1.82, 2.24) is 4.98 Å². The van der Waals surface area contributed by atoms with E-state index < -0.39 is 0 Å². The Kier molecular flexibility index (Phi) is 4.93. The van der Waals surface area contributed by atoms with Gasteiger partial charge in [0.1, 0.15) is 5.75 Å². The van der Waals surface area contributed by atoms with Crippen LogP contribution in [0.25, 0.3) is 10.9 Å². The topological polar surface area (TPSA) is 33.1 Å². The Morgan fingerprint density at radius 2 is 1.65 bits per heavy atom. The predicted molar refractivity (Wildman–Crippen MR) is 88.2 cm³/mol. The molecule has 3 rings (SSSR count). The fourth-order valence-corrected chi connectivity index (χ4v) is 2.69. The van der Waals surface area contributed by atoms with Gasteiger partial charge in [-0.3, -0.25) is 4.98 Å². The molecule has 4 heteroatoms. The van der Waals surface area contributed by atoms with E-state index in [9.17, 15) is 5.11 Å². The summed E-state index contributed by atoms with van der Waals surface area (Å²) in [6.45, 7) is 0.